The Morgan fingerprint density at radius 1 is 0.848 bits per heavy atom. The predicted molar refractivity (Wildman–Crippen MR) is 124 cm³/mol. The van der Waals surface area contributed by atoms with Gasteiger partial charge in [-0.05, 0) is 48.0 Å². The maximum Gasteiger partial charge on any atom is 0.243 e. The monoisotopic (exact) mass is 506 g/mol. The maximum atomic E-state index is 13.4. The molecule has 1 amide bonds. The number of amides is 1. The molecular formula is C23H15Cl3F2N4O. The van der Waals surface area contributed by atoms with Crippen molar-refractivity contribution in [1.82, 2.24) is 20.3 Å². The number of aromatic nitrogens is 3. The van der Waals surface area contributed by atoms with Crippen LogP contribution >= 0.6 is 34.8 Å². The van der Waals surface area contributed by atoms with E-state index in [1.165, 1.54) is 10.9 Å². The molecule has 0 radical (unpaired) electrons. The highest BCUT2D eigenvalue weighted by Crippen LogP contribution is 2.35. The summed E-state index contributed by atoms with van der Waals surface area (Å²) in [6.45, 7) is -0.174. The maximum absolute atomic E-state index is 13.4. The second-order valence-corrected chi connectivity index (χ2v) is 8.36. The zero-order valence-corrected chi connectivity index (χ0v) is 19.1. The average molecular weight is 508 g/mol. The summed E-state index contributed by atoms with van der Waals surface area (Å²) < 4.78 is 26.4. The molecule has 0 aliphatic rings. The predicted octanol–water partition coefficient (Wildman–Crippen LogP) is 6.17. The first kappa shape index (κ1) is 23.2. The third kappa shape index (κ3) is 5.50. The molecule has 4 rings (SSSR count). The van der Waals surface area contributed by atoms with Crippen molar-refractivity contribution in [1.29, 1.82) is 0 Å². The topological polar surface area (TPSA) is 59.8 Å². The molecule has 0 atom stereocenters. The molecule has 0 aliphatic heterocycles. The van der Waals surface area contributed by atoms with Gasteiger partial charge in [-0.25, -0.2) is 8.78 Å². The van der Waals surface area contributed by atoms with E-state index in [9.17, 15) is 13.6 Å². The molecule has 33 heavy (non-hydrogen) atoms. The molecule has 10 heteroatoms. The van der Waals surface area contributed by atoms with E-state index in [1.807, 2.05) is 0 Å². The summed E-state index contributed by atoms with van der Waals surface area (Å²) in [4.78, 5) is 13.7. The summed E-state index contributed by atoms with van der Waals surface area (Å²) in [5.41, 5.74) is 2.72. The van der Waals surface area contributed by atoms with Gasteiger partial charge in [-0.15, -0.1) is 0 Å². The Morgan fingerprint density at radius 3 is 2.24 bits per heavy atom. The third-order valence-corrected chi connectivity index (χ3v) is 5.52. The van der Waals surface area contributed by atoms with Crippen LogP contribution in [0.4, 0.5) is 8.78 Å². The average Bonchev–Trinajstić information content (AvgIpc) is 3.18. The minimum absolute atomic E-state index is 0.0250. The van der Waals surface area contributed by atoms with Crippen LogP contribution in [0.15, 0.2) is 60.7 Å². The molecule has 0 saturated heterocycles. The van der Waals surface area contributed by atoms with Gasteiger partial charge in [0.25, 0.3) is 0 Å². The molecule has 0 fully saturated rings. The van der Waals surface area contributed by atoms with Crippen molar-refractivity contribution in [3.63, 3.8) is 0 Å². The highest BCUT2D eigenvalue weighted by atomic mass is 35.5. The van der Waals surface area contributed by atoms with E-state index in [2.05, 4.69) is 15.5 Å². The zero-order chi connectivity index (χ0) is 23.5. The fraction of sp³-hybridized carbons (Fsp3) is 0.0870. The number of nitrogens with zero attached hydrogens (tertiary/aromatic N) is 3. The lowest BCUT2D eigenvalue weighted by Gasteiger charge is -2.05. The number of hydrogen-bond donors (Lipinski definition) is 1. The summed E-state index contributed by atoms with van der Waals surface area (Å²) >= 11 is 18.4. The Kier molecular flexibility index (Phi) is 6.93. The van der Waals surface area contributed by atoms with Gasteiger partial charge in [-0.2, -0.15) is 15.0 Å². The summed E-state index contributed by atoms with van der Waals surface area (Å²) in [5.74, 6) is -2.34. The Bertz CT molecular complexity index is 1330. The molecule has 0 saturated carbocycles. The van der Waals surface area contributed by atoms with E-state index in [4.69, 9.17) is 34.8 Å². The molecule has 0 aliphatic carbocycles. The molecule has 0 spiro atoms. The third-order valence-electron chi connectivity index (χ3n) is 4.72. The van der Waals surface area contributed by atoms with Gasteiger partial charge in [0.05, 0.1) is 5.02 Å². The van der Waals surface area contributed by atoms with E-state index in [1.54, 1.807) is 42.5 Å². The second-order valence-electron chi connectivity index (χ2n) is 7.08. The lowest BCUT2D eigenvalue weighted by atomic mass is 10.1. The summed E-state index contributed by atoms with van der Waals surface area (Å²) in [7, 11) is 0. The van der Waals surface area contributed by atoms with Crippen molar-refractivity contribution in [3.8, 4) is 22.5 Å². The molecule has 0 bridgehead atoms. The van der Waals surface area contributed by atoms with Crippen LogP contribution in [-0.4, -0.2) is 20.9 Å². The Morgan fingerprint density at radius 2 is 1.55 bits per heavy atom. The Hall–Kier alpha value is -3.00. The van der Waals surface area contributed by atoms with Gasteiger partial charge in [0.15, 0.2) is 11.6 Å². The standard InChI is InChI=1S/C23H15Cl3F2N4O/c24-15-4-2-14(3-5-15)22-23(17-7-6-16(25)10-18(17)26)31-32(30-22)12-21(33)29-11-13-1-8-19(27)20(28)9-13/h1-10H,11-12H2,(H,29,33). The van der Waals surface area contributed by atoms with Crippen molar-refractivity contribution < 1.29 is 13.6 Å². The molecule has 1 heterocycles. The number of carbonyl (C=O) groups is 1. The number of benzene rings is 3. The largest absolute Gasteiger partial charge is 0.350 e. The van der Waals surface area contributed by atoms with Gasteiger partial charge in [0.2, 0.25) is 5.91 Å². The van der Waals surface area contributed by atoms with Crippen LogP contribution in [0.5, 0.6) is 0 Å². The van der Waals surface area contributed by atoms with Gasteiger partial charge < -0.3 is 5.32 Å². The van der Waals surface area contributed by atoms with Crippen molar-refractivity contribution in [2.75, 3.05) is 0 Å². The number of hydrogen-bond acceptors (Lipinski definition) is 3. The summed E-state index contributed by atoms with van der Waals surface area (Å²) in [6, 6.07) is 15.4. The van der Waals surface area contributed by atoms with Crippen LogP contribution in [0.3, 0.4) is 0 Å². The number of halogens is 5. The van der Waals surface area contributed by atoms with Gasteiger partial charge in [0.1, 0.15) is 17.9 Å². The first-order valence-electron chi connectivity index (χ1n) is 9.67. The van der Waals surface area contributed by atoms with Gasteiger partial charge >= 0.3 is 0 Å². The fourth-order valence-corrected chi connectivity index (χ4v) is 3.74. The highest BCUT2D eigenvalue weighted by Gasteiger charge is 2.19. The molecular weight excluding hydrogens is 493 g/mol. The quantitative estimate of drug-likeness (QED) is 0.340. The normalized spacial score (nSPS) is 10.9. The number of rotatable bonds is 6. The van der Waals surface area contributed by atoms with E-state index in [-0.39, 0.29) is 13.1 Å². The van der Waals surface area contributed by atoms with Crippen LogP contribution in [0.1, 0.15) is 5.56 Å². The number of carbonyl (C=O) groups excluding carboxylic acids is 1. The van der Waals surface area contributed by atoms with Crippen molar-refractivity contribution in [2.45, 2.75) is 13.1 Å². The first-order valence-corrected chi connectivity index (χ1v) is 10.8. The molecule has 4 aromatic rings. The smallest absolute Gasteiger partial charge is 0.243 e. The van der Waals surface area contributed by atoms with Crippen LogP contribution in [-0.2, 0) is 17.9 Å². The van der Waals surface area contributed by atoms with Crippen LogP contribution in [0.2, 0.25) is 15.1 Å². The van der Waals surface area contributed by atoms with Crippen LogP contribution in [0, 0.1) is 11.6 Å². The lowest BCUT2D eigenvalue weighted by Crippen LogP contribution is -2.28. The summed E-state index contributed by atoms with van der Waals surface area (Å²) in [6.07, 6.45) is 0. The van der Waals surface area contributed by atoms with Gasteiger partial charge in [0, 0.05) is 27.7 Å². The van der Waals surface area contributed by atoms with Crippen molar-refractivity contribution >= 4 is 40.7 Å². The second kappa shape index (κ2) is 9.87. The Balaban J connectivity index is 1.59. The van der Waals surface area contributed by atoms with E-state index in [0.29, 0.717) is 37.6 Å². The Labute approximate surface area is 202 Å². The van der Waals surface area contributed by atoms with Crippen molar-refractivity contribution in [2.24, 2.45) is 0 Å². The zero-order valence-electron chi connectivity index (χ0n) is 16.8. The highest BCUT2D eigenvalue weighted by molar-refractivity contribution is 6.36. The summed E-state index contributed by atoms with van der Waals surface area (Å²) in [5, 5.41) is 13.0. The van der Waals surface area contributed by atoms with Crippen LogP contribution in [0.25, 0.3) is 22.5 Å². The minimum atomic E-state index is -0.979. The minimum Gasteiger partial charge on any atom is -0.350 e. The first-order chi connectivity index (χ1) is 15.8. The molecule has 3 aromatic carbocycles. The van der Waals surface area contributed by atoms with Gasteiger partial charge in [-0.3, -0.25) is 4.79 Å². The molecule has 168 valence electrons. The molecule has 5 nitrogen and oxygen atoms in total. The SMILES string of the molecule is O=C(Cn1nc(-c2ccc(Cl)cc2)c(-c2ccc(Cl)cc2Cl)n1)NCc1ccc(F)c(F)c1. The van der Waals surface area contributed by atoms with E-state index < -0.39 is 17.5 Å². The van der Waals surface area contributed by atoms with E-state index >= 15 is 0 Å². The van der Waals surface area contributed by atoms with Crippen LogP contribution < -0.4 is 5.32 Å². The fourth-order valence-electron chi connectivity index (χ4n) is 3.12. The van der Waals surface area contributed by atoms with Gasteiger partial charge in [-0.1, -0.05) is 53.0 Å². The molecule has 1 aromatic heterocycles. The molecule has 1 N–H and O–H groups in total. The molecule has 0 unspecified atom stereocenters. The number of nitrogens with one attached hydrogen (secondary N) is 1. The van der Waals surface area contributed by atoms with Crippen molar-refractivity contribution in [3.05, 3.63) is 92.9 Å². The lowest BCUT2D eigenvalue weighted by molar-refractivity contribution is -0.122. The van der Waals surface area contributed by atoms with E-state index in [0.717, 1.165) is 17.7 Å².